The predicted octanol–water partition coefficient (Wildman–Crippen LogP) is 6.10. The van der Waals surface area contributed by atoms with Gasteiger partial charge in [0.05, 0.1) is 48.8 Å². The van der Waals surface area contributed by atoms with Crippen LogP contribution in [0.1, 0.15) is 24.4 Å². The quantitative estimate of drug-likeness (QED) is 0.165. The molecular weight excluding hydrogens is 604 g/mol. The zero-order valence-corrected chi connectivity index (χ0v) is 26.2. The number of nitrogens with one attached hydrogen (secondary N) is 2. The first kappa shape index (κ1) is 31.0. The molecule has 1 aliphatic heterocycles. The van der Waals surface area contributed by atoms with Crippen molar-refractivity contribution in [2.24, 2.45) is 0 Å². The third kappa shape index (κ3) is 6.94. The summed E-state index contributed by atoms with van der Waals surface area (Å²) in [7, 11) is 3.08. The maximum absolute atomic E-state index is 13.2. The van der Waals surface area contributed by atoms with E-state index in [2.05, 4.69) is 27.7 Å². The number of amides is 1. The van der Waals surface area contributed by atoms with Crippen molar-refractivity contribution in [3.63, 3.8) is 0 Å². The Bertz CT molecular complexity index is 1850. The van der Waals surface area contributed by atoms with Crippen LogP contribution in [0.15, 0.2) is 97.1 Å². The second-order valence-corrected chi connectivity index (χ2v) is 11.6. The number of hydrogen-bond acceptors (Lipinski definition) is 9. The molecule has 12 heteroatoms. The van der Waals surface area contributed by atoms with Gasteiger partial charge in [0.25, 0.3) is 0 Å². The minimum atomic E-state index is -2.81. The highest BCUT2D eigenvalue weighted by atomic mass is 32.2. The first-order valence-corrected chi connectivity index (χ1v) is 15.8. The standard InChI is InChI=1S/C34H34N6O5S/c1-44-27-19-25(20-28(21-27)45-2)36-33-34(38-30-15-7-6-14-29(30)37-33)40(46(42)43)26-13-8-12-24(18-26)35-32(41)22-39-17-9-16-31(39)23-10-4-3-5-11-23/h3-8,10-15,18-21,31H,9,16-17,22H2,1-2H3,(H,35,41)(H,36,37)(H,42,43)/p-1. The third-order valence-corrected chi connectivity index (χ3v) is 8.45. The SMILES string of the molecule is COc1cc(Nc2nc3ccccc3nc2N(c2cccc(NC(=O)CN3CCCC3c3ccccc3)c2)S(=O)[O-])cc(OC)c1. The number of ether oxygens (including phenoxy) is 2. The van der Waals surface area contributed by atoms with Crippen LogP contribution in [0.3, 0.4) is 0 Å². The molecule has 46 heavy (non-hydrogen) atoms. The van der Waals surface area contributed by atoms with Gasteiger partial charge in [-0.15, -0.1) is 0 Å². The number of carbonyl (C=O) groups excluding carboxylic acids is 1. The van der Waals surface area contributed by atoms with Crippen LogP contribution in [0, 0.1) is 0 Å². The largest absolute Gasteiger partial charge is 0.755 e. The molecule has 5 aromatic rings. The number of benzene rings is 4. The summed E-state index contributed by atoms with van der Waals surface area (Å²) >= 11 is -2.81. The molecule has 236 valence electrons. The van der Waals surface area contributed by atoms with E-state index in [1.165, 1.54) is 5.56 Å². The summed E-state index contributed by atoms with van der Waals surface area (Å²) in [6, 6.07) is 29.4. The number of rotatable bonds is 11. The van der Waals surface area contributed by atoms with Gasteiger partial charge in [0, 0.05) is 35.6 Å². The van der Waals surface area contributed by atoms with Gasteiger partial charge in [0.1, 0.15) is 11.5 Å². The van der Waals surface area contributed by atoms with Crippen LogP contribution in [0.4, 0.5) is 28.7 Å². The fourth-order valence-corrected chi connectivity index (χ4v) is 6.23. The summed E-state index contributed by atoms with van der Waals surface area (Å²) in [4.78, 5) is 24.8. The second kappa shape index (κ2) is 13.9. The lowest BCUT2D eigenvalue weighted by molar-refractivity contribution is -0.117. The van der Waals surface area contributed by atoms with E-state index in [0.717, 1.165) is 23.7 Å². The van der Waals surface area contributed by atoms with E-state index in [-0.39, 0.29) is 35.8 Å². The number of methoxy groups -OCH3 is 2. The fourth-order valence-electron chi connectivity index (χ4n) is 5.67. The van der Waals surface area contributed by atoms with Crippen LogP contribution in [-0.2, 0) is 16.1 Å². The normalized spacial score (nSPS) is 15.3. The Morgan fingerprint density at radius 2 is 1.61 bits per heavy atom. The molecule has 0 bridgehead atoms. The molecule has 2 heterocycles. The number of nitrogens with zero attached hydrogens (tertiary/aromatic N) is 4. The summed E-state index contributed by atoms with van der Waals surface area (Å²) < 4.78 is 37.6. The van der Waals surface area contributed by atoms with Crippen LogP contribution in [0.25, 0.3) is 11.0 Å². The van der Waals surface area contributed by atoms with Crippen molar-refractivity contribution in [2.75, 3.05) is 42.2 Å². The maximum Gasteiger partial charge on any atom is 0.238 e. The average molecular weight is 638 g/mol. The summed E-state index contributed by atoms with van der Waals surface area (Å²) in [5.41, 5.74) is 3.54. The van der Waals surface area contributed by atoms with Crippen molar-refractivity contribution in [2.45, 2.75) is 18.9 Å². The Morgan fingerprint density at radius 3 is 2.30 bits per heavy atom. The number of fused-ring (bicyclic) bond motifs is 1. The molecular formula is C34H33N6O5S-. The first-order valence-electron chi connectivity index (χ1n) is 14.8. The van der Waals surface area contributed by atoms with Crippen LogP contribution >= 0.6 is 0 Å². The van der Waals surface area contributed by atoms with Crippen LogP contribution < -0.4 is 24.4 Å². The second-order valence-electron chi connectivity index (χ2n) is 10.8. The Morgan fingerprint density at radius 1 is 0.913 bits per heavy atom. The number of carbonyl (C=O) groups is 1. The Labute approximate surface area is 269 Å². The molecule has 2 unspecified atom stereocenters. The van der Waals surface area contributed by atoms with Crippen LogP contribution in [0.2, 0.25) is 0 Å². The van der Waals surface area contributed by atoms with E-state index in [1.807, 2.05) is 24.3 Å². The van der Waals surface area contributed by atoms with Gasteiger partial charge in [-0.2, -0.15) is 0 Å². The number of para-hydroxylation sites is 2. The van der Waals surface area contributed by atoms with E-state index in [0.29, 0.717) is 33.9 Å². The molecule has 2 N–H and O–H groups in total. The average Bonchev–Trinajstić information content (AvgIpc) is 3.53. The minimum absolute atomic E-state index is 0.0417. The molecule has 4 aromatic carbocycles. The van der Waals surface area contributed by atoms with Crippen LogP contribution in [0.5, 0.6) is 11.5 Å². The van der Waals surface area contributed by atoms with Crippen molar-refractivity contribution in [3.05, 3.63) is 103 Å². The van der Waals surface area contributed by atoms with Crippen molar-refractivity contribution in [3.8, 4) is 11.5 Å². The van der Waals surface area contributed by atoms with Gasteiger partial charge in [-0.3, -0.25) is 18.2 Å². The molecule has 6 rings (SSSR count). The van der Waals surface area contributed by atoms with Gasteiger partial charge in [-0.25, -0.2) is 9.97 Å². The smallest absolute Gasteiger partial charge is 0.238 e. The number of hydrogen-bond donors (Lipinski definition) is 2. The van der Waals surface area contributed by atoms with Crippen molar-refractivity contribution < 1.29 is 23.0 Å². The predicted molar refractivity (Wildman–Crippen MR) is 178 cm³/mol. The lowest BCUT2D eigenvalue weighted by Gasteiger charge is -2.28. The maximum atomic E-state index is 13.2. The number of aromatic nitrogens is 2. The van der Waals surface area contributed by atoms with E-state index in [9.17, 15) is 13.6 Å². The summed E-state index contributed by atoms with van der Waals surface area (Å²) in [6.45, 7) is 1.04. The lowest BCUT2D eigenvalue weighted by Crippen LogP contribution is -2.33. The van der Waals surface area contributed by atoms with Gasteiger partial charge in [-0.05, 0) is 55.3 Å². The van der Waals surface area contributed by atoms with Gasteiger partial charge in [-0.1, -0.05) is 48.5 Å². The molecule has 11 nitrogen and oxygen atoms in total. The summed E-state index contributed by atoms with van der Waals surface area (Å²) in [5, 5.41) is 6.15. The van der Waals surface area contributed by atoms with Gasteiger partial charge in [0.2, 0.25) is 5.91 Å². The Hall–Kier alpha value is -5.04. The minimum Gasteiger partial charge on any atom is -0.755 e. The summed E-state index contributed by atoms with van der Waals surface area (Å²) in [5.74, 6) is 1.12. The molecule has 0 spiro atoms. The molecule has 0 saturated carbocycles. The van der Waals surface area contributed by atoms with E-state index in [4.69, 9.17) is 19.4 Å². The summed E-state index contributed by atoms with van der Waals surface area (Å²) in [6.07, 6.45) is 2.00. The Kier molecular flexibility index (Phi) is 9.38. The molecule has 1 aliphatic rings. The topological polar surface area (TPSA) is 132 Å². The Balaban J connectivity index is 1.30. The number of likely N-dealkylation sites (tertiary alicyclic amines) is 1. The zero-order valence-electron chi connectivity index (χ0n) is 25.4. The highest BCUT2D eigenvalue weighted by Gasteiger charge is 2.27. The van der Waals surface area contributed by atoms with E-state index in [1.54, 1.807) is 74.9 Å². The van der Waals surface area contributed by atoms with E-state index >= 15 is 0 Å². The molecule has 1 amide bonds. The van der Waals surface area contributed by atoms with Gasteiger partial charge >= 0.3 is 0 Å². The molecule has 1 aromatic heterocycles. The van der Waals surface area contributed by atoms with Crippen molar-refractivity contribution >= 4 is 56.9 Å². The zero-order chi connectivity index (χ0) is 32.0. The van der Waals surface area contributed by atoms with Crippen LogP contribution in [-0.4, -0.2) is 56.8 Å². The third-order valence-electron chi connectivity index (χ3n) is 7.77. The fraction of sp³-hybridized carbons (Fsp3) is 0.206. The van der Waals surface area contributed by atoms with Crippen molar-refractivity contribution in [1.82, 2.24) is 14.9 Å². The highest BCUT2D eigenvalue weighted by Crippen LogP contribution is 2.37. The number of anilines is 5. The monoisotopic (exact) mass is 637 g/mol. The van der Waals surface area contributed by atoms with Gasteiger partial charge in [0.15, 0.2) is 11.6 Å². The molecule has 0 aliphatic carbocycles. The molecule has 1 fully saturated rings. The molecule has 2 atom stereocenters. The highest BCUT2D eigenvalue weighted by molar-refractivity contribution is 7.81. The first-order chi connectivity index (χ1) is 22.4. The van der Waals surface area contributed by atoms with E-state index < -0.39 is 11.3 Å². The van der Waals surface area contributed by atoms with Crippen molar-refractivity contribution in [1.29, 1.82) is 0 Å². The molecule has 1 saturated heterocycles. The van der Waals surface area contributed by atoms with Gasteiger partial charge < -0.3 is 24.7 Å². The lowest BCUT2D eigenvalue weighted by atomic mass is 10.0. The molecule has 0 radical (unpaired) electrons.